The minimum absolute atomic E-state index is 0.229. The maximum absolute atomic E-state index is 4.59. The summed E-state index contributed by atoms with van der Waals surface area (Å²) < 4.78 is 1.96. The summed E-state index contributed by atoms with van der Waals surface area (Å²) in [6.45, 7) is 10.2. The molecule has 114 valence electrons. The molecule has 0 fully saturated rings. The zero-order chi connectivity index (χ0) is 15.2. The SMILES string of the molecule is CCCNC(Cc1ncnn1CC)c1ccc(C)nc1C. The molecule has 5 heteroatoms. The molecule has 5 nitrogen and oxygen atoms in total. The highest BCUT2D eigenvalue weighted by Gasteiger charge is 2.17. The van der Waals surface area contributed by atoms with Gasteiger partial charge in [-0.3, -0.25) is 9.67 Å². The summed E-state index contributed by atoms with van der Waals surface area (Å²) in [4.78, 5) is 8.99. The predicted octanol–water partition coefficient (Wildman–Crippen LogP) is 2.59. The van der Waals surface area contributed by atoms with E-state index in [0.29, 0.717) is 0 Å². The Kier molecular flexibility index (Phi) is 5.44. The highest BCUT2D eigenvalue weighted by atomic mass is 15.3. The molecule has 0 radical (unpaired) electrons. The number of nitrogens with one attached hydrogen (secondary N) is 1. The number of nitrogens with zero attached hydrogens (tertiary/aromatic N) is 4. The van der Waals surface area contributed by atoms with E-state index in [1.165, 1.54) is 5.56 Å². The fourth-order valence-corrected chi connectivity index (χ4v) is 2.57. The van der Waals surface area contributed by atoms with Crippen LogP contribution in [0.4, 0.5) is 0 Å². The number of rotatable bonds is 7. The van der Waals surface area contributed by atoms with Crippen LogP contribution in [0.25, 0.3) is 0 Å². The third kappa shape index (κ3) is 3.88. The van der Waals surface area contributed by atoms with Crippen LogP contribution >= 0.6 is 0 Å². The number of pyridine rings is 1. The topological polar surface area (TPSA) is 55.6 Å². The Morgan fingerprint density at radius 2 is 2.05 bits per heavy atom. The van der Waals surface area contributed by atoms with Gasteiger partial charge in [-0.1, -0.05) is 13.0 Å². The highest BCUT2D eigenvalue weighted by molar-refractivity contribution is 5.26. The van der Waals surface area contributed by atoms with E-state index in [1.54, 1.807) is 6.33 Å². The maximum atomic E-state index is 4.59. The lowest BCUT2D eigenvalue weighted by Crippen LogP contribution is -2.26. The number of hydrogen-bond donors (Lipinski definition) is 1. The van der Waals surface area contributed by atoms with Crippen molar-refractivity contribution in [3.8, 4) is 0 Å². The Balaban J connectivity index is 2.25. The van der Waals surface area contributed by atoms with Crippen LogP contribution in [0.1, 0.15) is 49.1 Å². The predicted molar refractivity (Wildman–Crippen MR) is 84.1 cm³/mol. The molecule has 0 aliphatic carbocycles. The van der Waals surface area contributed by atoms with Gasteiger partial charge < -0.3 is 5.32 Å². The van der Waals surface area contributed by atoms with Crippen LogP contribution in [-0.4, -0.2) is 26.3 Å². The Labute approximate surface area is 126 Å². The van der Waals surface area contributed by atoms with Gasteiger partial charge >= 0.3 is 0 Å². The Hall–Kier alpha value is -1.75. The Bertz CT molecular complexity index is 576. The third-order valence-corrected chi connectivity index (χ3v) is 3.66. The first kappa shape index (κ1) is 15.6. The average Bonchev–Trinajstić information content (AvgIpc) is 2.91. The molecule has 0 aromatic carbocycles. The van der Waals surface area contributed by atoms with Crippen molar-refractivity contribution in [3.05, 3.63) is 41.2 Å². The zero-order valence-corrected chi connectivity index (χ0v) is 13.4. The van der Waals surface area contributed by atoms with Gasteiger partial charge in [-0.25, -0.2) is 4.98 Å². The molecule has 21 heavy (non-hydrogen) atoms. The van der Waals surface area contributed by atoms with Crippen LogP contribution in [0.2, 0.25) is 0 Å². The summed E-state index contributed by atoms with van der Waals surface area (Å²) >= 11 is 0. The smallest absolute Gasteiger partial charge is 0.138 e. The van der Waals surface area contributed by atoms with Crippen LogP contribution in [0.5, 0.6) is 0 Å². The first-order valence-corrected chi connectivity index (χ1v) is 7.69. The van der Waals surface area contributed by atoms with Gasteiger partial charge in [0.1, 0.15) is 12.2 Å². The molecule has 2 heterocycles. The largest absolute Gasteiger partial charge is 0.309 e. The summed E-state index contributed by atoms with van der Waals surface area (Å²) in [5.41, 5.74) is 3.40. The van der Waals surface area contributed by atoms with Crippen LogP contribution in [-0.2, 0) is 13.0 Å². The van der Waals surface area contributed by atoms with E-state index in [2.05, 4.69) is 53.3 Å². The molecule has 1 unspecified atom stereocenters. The van der Waals surface area contributed by atoms with Gasteiger partial charge in [-0.2, -0.15) is 5.10 Å². The van der Waals surface area contributed by atoms with Gasteiger partial charge in [0.2, 0.25) is 0 Å². The molecule has 2 aromatic rings. The van der Waals surface area contributed by atoms with Gasteiger partial charge in [0, 0.05) is 30.4 Å². The van der Waals surface area contributed by atoms with Crippen molar-refractivity contribution in [2.45, 2.75) is 53.1 Å². The molecule has 0 aliphatic rings. The second kappa shape index (κ2) is 7.31. The van der Waals surface area contributed by atoms with Gasteiger partial charge in [0.25, 0.3) is 0 Å². The standard InChI is InChI=1S/C16H25N5/c1-5-9-17-15(10-16-18-11-19-21(16)6-2)14-8-7-12(3)20-13(14)4/h7-8,11,15,17H,5-6,9-10H2,1-4H3. The molecule has 0 saturated carbocycles. The molecule has 0 amide bonds. The van der Waals surface area contributed by atoms with Crippen molar-refractivity contribution >= 4 is 0 Å². The quantitative estimate of drug-likeness (QED) is 0.850. The van der Waals surface area contributed by atoms with Gasteiger partial charge in [-0.05, 0) is 45.4 Å². The molecule has 1 atom stereocenters. The van der Waals surface area contributed by atoms with E-state index in [9.17, 15) is 0 Å². The lowest BCUT2D eigenvalue weighted by Gasteiger charge is -2.20. The summed E-state index contributed by atoms with van der Waals surface area (Å²) in [5, 5.41) is 7.87. The van der Waals surface area contributed by atoms with Gasteiger partial charge in [0.05, 0.1) is 0 Å². The van der Waals surface area contributed by atoms with Crippen molar-refractivity contribution in [2.24, 2.45) is 0 Å². The average molecular weight is 287 g/mol. The van der Waals surface area contributed by atoms with Crippen LogP contribution < -0.4 is 5.32 Å². The third-order valence-electron chi connectivity index (χ3n) is 3.66. The van der Waals surface area contributed by atoms with E-state index in [4.69, 9.17) is 0 Å². The second-order valence-corrected chi connectivity index (χ2v) is 5.33. The zero-order valence-electron chi connectivity index (χ0n) is 13.4. The van der Waals surface area contributed by atoms with E-state index in [-0.39, 0.29) is 6.04 Å². The van der Waals surface area contributed by atoms with E-state index >= 15 is 0 Å². The van der Waals surface area contributed by atoms with Crippen molar-refractivity contribution in [1.82, 2.24) is 25.1 Å². The minimum Gasteiger partial charge on any atom is -0.309 e. The first-order valence-electron chi connectivity index (χ1n) is 7.69. The molecular weight excluding hydrogens is 262 g/mol. The van der Waals surface area contributed by atoms with E-state index < -0.39 is 0 Å². The fraction of sp³-hybridized carbons (Fsp3) is 0.562. The van der Waals surface area contributed by atoms with E-state index in [1.807, 2.05) is 11.6 Å². The van der Waals surface area contributed by atoms with Crippen molar-refractivity contribution in [1.29, 1.82) is 0 Å². The molecule has 1 N–H and O–H groups in total. The normalized spacial score (nSPS) is 12.6. The first-order chi connectivity index (χ1) is 10.2. The Morgan fingerprint density at radius 1 is 1.24 bits per heavy atom. The summed E-state index contributed by atoms with van der Waals surface area (Å²) in [7, 11) is 0. The second-order valence-electron chi connectivity index (χ2n) is 5.33. The fourth-order valence-electron chi connectivity index (χ4n) is 2.57. The maximum Gasteiger partial charge on any atom is 0.138 e. The van der Waals surface area contributed by atoms with Crippen molar-refractivity contribution in [3.63, 3.8) is 0 Å². The Morgan fingerprint density at radius 3 is 2.71 bits per heavy atom. The molecule has 0 spiro atoms. The lowest BCUT2D eigenvalue weighted by atomic mass is 10.0. The molecule has 0 bridgehead atoms. The number of aryl methyl sites for hydroxylation is 3. The molecule has 2 aromatic heterocycles. The van der Waals surface area contributed by atoms with Gasteiger partial charge in [0.15, 0.2) is 0 Å². The molecule has 2 rings (SSSR count). The summed E-state index contributed by atoms with van der Waals surface area (Å²) in [6, 6.07) is 4.48. The van der Waals surface area contributed by atoms with Gasteiger partial charge in [-0.15, -0.1) is 0 Å². The minimum atomic E-state index is 0.229. The van der Waals surface area contributed by atoms with Crippen LogP contribution in [0, 0.1) is 13.8 Å². The molecule has 0 saturated heterocycles. The van der Waals surface area contributed by atoms with E-state index in [0.717, 1.165) is 43.1 Å². The highest BCUT2D eigenvalue weighted by Crippen LogP contribution is 2.20. The van der Waals surface area contributed by atoms with Crippen LogP contribution in [0.15, 0.2) is 18.5 Å². The van der Waals surface area contributed by atoms with Crippen molar-refractivity contribution in [2.75, 3.05) is 6.54 Å². The lowest BCUT2D eigenvalue weighted by molar-refractivity contribution is 0.493. The molecular formula is C16H25N5. The summed E-state index contributed by atoms with van der Waals surface area (Å²) in [6.07, 6.45) is 3.57. The molecule has 0 aliphatic heterocycles. The number of aromatic nitrogens is 4. The van der Waals surface area contributed by atoms with Crippen LogP contribution in [0.3, 0.4) is 0 Å². The van der Waals surface area contributed by atoms with Crippen molar-refractivity contribution < 1.29 is 0 Å². The summed E-state index contributed by atoms with van der Waals surface area (Å²) in [5.74, 6) is 1.02. The monoisotopic (exact) mass is 287 g/mol. The number of hydrogen-bond acceptors (Lipinski definition) is 4.